The van der Waals surface area contributed by atoms with Gasteiger partial charge in [0.05, 0.1) is 25.4 Å². The molecule has 2 atom stereocenters. The van der Waals surface area contributed by atoms with Gasteiger partial charge in [-0.3, -0.25) is 9.59 Å². The second-order valence-corrected chi connectivity index (χ2v) is 22.5. The van der Waals surface area contributed by atoms with Crippen LogP contribution in [0, 0.1) is 0 Å². The minimum absolute atomic E-state index is 0.0105. The van der Waals surface area contributed by atoms with E-state index in [-0.39, 0.29) is 18.5 Å². The summed E-state index contributed by atoms with van der Waals surface area (Å²) in [7, 11) is 0. The first-order chi connectivity index (χ1) is 35.0. The summed E-state index contributed by atoms with van der Waals surface area (Å²) in [5.74, 6) is -0.0191. The van der Waals surface area contributed by atoms with E-state index >= 15 is 0 Å². The van der Waals surface area contributed by atoms with Gasteiger partial charge in [0, 0.05) is 12.8 Å². The first-order valence-electron chi connectivity index (χ1n) is 32.4. The summed E-state index contributed by atoms with van der Waals surface area (Å²) in [6.45, 7) is 4.93. The van der Waals surface area contributed by atoms with Crippen LogP contribution in [-0.4, -0.2) is 47.4 Å². The summed E-state index contributed by atoms with van der Waals surface area (Å²) in [5, 5.41) is 23.2. The molecule has 2 unspecified atom stereocenters. The number of unbranched alkanes of at least 4 members (excludes halogenated alkanes) is 48. The second-order valence-electron chi connectivity index (χ2n) is 22.5. The predicted octanol–water partition coefficient (Wildman–Crippen LogP) is 20.4. The van der Waals surface area contributed by atoms with Crippen molar-refractivity contribution in [3.63, 3.8) is 0 Å². The van der Waals surface area contributed by atoms with Gasteiger partial charge in [-0.25, -0.2) is 0 Å². The van der Waals surface area contributed by atoms with Crippen LogP contribution in [0.3, 0.4) is 0 Å². The van der Waals surface area contributed by atoms with Crippen molar-refractivity contribution in [2.45, 2.75) is 379 Å². The van der Waals surface area contributed by atoms with E-state index < -0.39 is 12.1 Å². The Kier molecular flexibility index (Phi) is 59.9. The SMILES string of the molecule is CCCC/C=C\CCCCCCCC(=O)OCCCCCCCCCCCCCCCCCCCCCCCCCCCCCCCCCCC(=O)NC(CO)C(O)CCCCCCCCCCCCC. The number of hydrogen-bond acceptors (Lipinski definition) is 5. The van der Waals surface area contributed by atoms with Crippen LogP contribution in [0.2, 0.25) is 0 Å². The van der Waals surface area contributed by atoms with Gasteiger partial charge in [0.1, 0.15) is 0 Å². The normalized spacial score (nSPS) is 12.6. The molecule has 71 heavy (non-hydrogen) atoms. The summed E-state index contributed by atoms with van der Waals surface area (Å²) >= 11 is 0. The van der Waals surface area contributed by atoms with E-state index in [1.165, 1.54) is 289 Å². The Bertz CT molecular complexity index is 1060. The van der Waals surface area contributed by atoms with Crippen LogP contribution >= 0.6 is 0 Å². The molecule has 0 saturated carbocycles. The maximum absolute atomic E-state index is 12.5. The van der Waals surface area contributed by atoms with Crippen LogP contribution in [0.5, 0.6) is 0 Å². The minimum atomic E-state index is -0.658. The molecule has 0 aromatic carbocycles. The maximum Gasteiger partial charge on any atom is 0.305 e. The van der Waals surface area contributed by atoms with Gasteiger partial charge in [0.15, 0.2) is 0 Å². The Morgan fingerprint density at radius 2 is 0.676 bits per heavy atom. The number of hydrogen-bond donors (Lipinski definition) is 3. The Morgan fingerprint density at radius 3 is 1.04 bits per heavy atom. The van der Waals surface area contributed by atoms with E-state index in [2.05, 4.69) is 31.3 Å². The van der Waals surface area contributed by atoms with Crippen molar-refractivity contribution in [1.29, 1.82) is 0 Å². The molecule has 0 saturated heterocycles. The lowest BCUT2D eigenvalue weighted by molar-refractivity contribution is -0.143. The summed E-state index contributed by atoms with van der Waals surface area (Å²) in [4.78, 5) is 24.4. The molecule has 0 aliphatic heterocycles. The third-order valence-electron chi connectivity index (χ3n) is 15.3. The lowest BCUT2D eigenvalue weighted by atomic mass is 10.0. The zero-order valence-electron chi connectivity index (χ0n) is 48.2. The molecule has 0 bridgehead atoms. The van der Waals surface area contributed by atoms with Gasteiger partial charge in [-0.15, -0.1) is 0 Å². The summed E-state index contributed by atoms with van der Waals surface area (Å²) in [6, 6.07) is -0.535. The molecule has 1 amide bonds. The number of aliphatic hydroxyl groups is 2. The molecule has 0 aliphatic carbocycles. The molecule has 0 aromatic heterocycles. The number of nitrogens with one attached hydrogen (secondary N) is 1. The minimum Gasteiger partial charge on any atom is -0.466 e. The van der Waals surface area contributed by atoms with Crippen LogP contribution in [0.4, 0.5) is 0 Å². The molecule has 6 nitrogen and oxygen atoms in total. The number of aliphatic hydroxyl groups excluding tert-OH is 2. The van der Waals surface area contributed by atoms with Crippen LogP contribution in [0.15, 0.2) is 12.2 Å². The van der Waals surface area contributed by atoms with Gasteiger partial charge in [0.2, 0.25) is 5.91 Å². The number of esters is 1. The van der Waals surface area contributed by atoms with E-state index in [1.807, 2.05) is 0 Å². The first kappa shape index (κ1) is 69.6. The highest BCUT2D eigenvalue weighted by Crippen LogP contribution is 2.19. The standard InChI is InChI=1S/C65H127NO5/c1-3-5-7-9-11-13-37-41-45-49-53-57-63(68)62(61-67)66-64(69)58-54-50-46-42-39-35-33-31-29-27-25-23-21-19-17-15-16-18-20-22-24-26-28-30-32-34-36-40-44-48-52-56-60-71-65(70)59-55-51-47-43-38-14-12-10-8-6-4-2/h10,12,62-63,67-68H,3-9,11,13-61H2,1-2H3,(H,66,69)/b12-10-. The van der Waals surface area contributed by atoms with Gasteiger partial charge in [-0.2, -0.15) is 0 Å². The smallest absolute Gasteiger partial charge is 0.305 e. The molecule has 422 valence electrons. The molecule has 0 fully saturated rings. The number of ether oxygens (including phenoxy) is 1. The molecule has 6 heteroatoms. The summed E-state index contributed by atoms with van der Waals surface area (Å²) < 4.78 is 5.47. The largest absolute Gasteiger partial charge is 0.466 e. The highest BCUT2D eigenvalue weighted by atomic mass is 16.5. The Balaban J connectivity index is 3.29. The number of rotatable bonds is 61. The lowest BCUT2D eigenvalue weighted by Crippen LogP contribution is -2.45. The van der Waals surface area contributed by atoms with Crippen LogP contribution < -0.4 is 5.32 Å². The zero-order valence-corrected chi connectivity index (χ0v) is 48.2. The number of carbonyl (C=O) groups is 2. The highest BCUT2D eigenvalue weighted by Gasteiger charge is 2.20. The Labute approximate surface area is 444 Å². The average Bonchev–Trinajstić information content (AvgIpc) is 3.37. The average molecular weight is 1000 g/mol. The topological polar surface area (TPSA) is 95.9 Å². The first-order valence-corrected chi connectivity index (χ1v) is 32.4. The number of allylic oxidation sites excluding steroid dienone is 2. The van der Waals surface area contributed by atoms with E-state index in [4.69, 9.17) is 4.74 Å². The van der Waals surface area contributed by atoms with Crippen molar-refractivity contribution < 1.29 is 24.5 Å². The van der Waals surface area contributed by atoms with Gasteiger partial charge in [-0.05, 0) is 44.9 Å². The Hall–Kier alpha value is -1.40. The van der Waals surface area contributed by atoms with Gasteiger partial charge < -0.3 is 20.3 Å². The van der Waals surface area contributed by atoms with Crippen LogP contribution in [0.25, 0.3) is 0 Å². The molecule has 0 radical (unpaired) electrons. The monoisotopic (exact) mass is 1000 g/mol. The van der Waals surface area contributed by atoms with Gasteiger partial charge in [-0.1, -0.05) is 321 Å². The molecule has 0 aromatic rings. The van der Waals surface area contributed by atoms with E-state index in [9.17, 15) is 19.8 Å². The predicted molar refractivity (Wildman–Crippen MR) is 310 cm³/mol. The van der Waals surface area contributed by atoms with Crippen LogP contribution in [0.1, 0.15) is 367 Å². The number of amides is 1. The third-order valence-corrected chi connectivity index (χ3v) is 15.3. The van der Waals surface area contributed by atoms with Gasteiger partial charge in [0.25, 0.3) is 0 Å². The summed E-state index contributed by atoms with van der Waals surface area (Å²) in [5.41, 5.74) is 0. The molecule has 0 aliphatic rings. The van der Waals surface area contributed by atoms with Crippen LogP contribution in [-0.2, 0) is 14.3 Å². The van der Waals surface area contributed by atoms with Crippen molar-refractivity contribution in [2.24, 2.45) is 0 Å². The van der Waals surface area contributed by atoms with Crippen molar-refractivity contribution in [2.75, 3.05) is 13.2 Å². The summed E-state index contributed by atoms with van der Waals surface area (Å²) in [6.07, 6.45) is 74.0. The van der Waals surface area contributed by atoms with E-state index in [1.54, 1.807) is 0 Å². The highest BCUT2D eigenvalue weighted by molar-refractivity contribution is 5.76. The molecule has 0 spiro atoms. The fourth-order valence-corrected chi connectivity index (χ4v) is 10.3. The van der Waals surface area contributed by atoms with Crippen molar-refractivity contribution in [3.8, 4) is 0 Å². The Morgan fingerprint density at radius 1 is 0.380 bits per heavy atom. The molecule has 0 rings (SSSR count). The lowest BCUT2D eigenvalue weighted by Gasteiger charge is -2.22. The second kappa shape index (κ2) is 61.1. The third kappa shape index (κ3) is 57.7. The number of carbonyl (C=O) groups excluding carboxylic acids is 2. The fourth-order valence-electron chi connectivity index (χ4n) is 10.3. The molecular weight excluding hydrogens is 875 g/mol. The molecular formula is C65H127NO5. The zero-order chi connectivity index (χ0) is 51.4. The fraction of sp³-hybridized carbons (Fsp3) is 0.938. The van der Waals surface area contributed by atoms with Crippen molar-refractivity contribution in [1.82, 2.24) is 5.32 Å². The van der Waals surface area contributed by atoms with Crippen molar-refractivity contribution in [3.05, 3.63) is 12.2 Å². The maximum atomic E-state index is 12.5. The quantitative estimate of drug-likeness (QED) is 0.0320. The van der Waals surface area contributed by atoms with Gasteiger partial charge >= 0.3 is 5.97 Å². The molecule has 3 N–H and O–H groups in total. The van der Waals surface area contributed by atoms with E-state index in [0.717, 1.165) is 44.9 Å². The van der Waals surface area contributed by atoms with Crippen molar-refractivity contribution >= 4 is 11.9 Å². The molecule has 0 heterocycles. The van der Waals surface area contributed by atoms with E-state index in [0.29, 0.717) is 25.9 Å².